The second kappa shape index (κ2) is 5.81. The van der Waals surface area contributed by atoms with Gasteiger partial charge in [-0.2, -0.15) is 5.10 Å². The molecule has 0 radical (unpaired) electrons. The van der Waals surface area contributed by atoms with Crippen LogP contribution in [0.2, 0.25) is 0 Å². The van der Waals surface area contributed by atoms with Gasteiger partial charge < -0.3 is 4.42 Å². The third-order valence-electron chi connectivity index (χ3n) is 3.45. The second-order valence-electron chi connectivity index (χ2n) is 4.98. The number of carbonyl (C=O) groups is 1. The van der Waals surface area contributed by atoms with Crippen LogP contribution in [0.25, 0.3) is 11.5 Å². The Bertz CT molecular complexity index is 925. The summed E-state index contributed by atoms with van der Waals surface area (Å²) in [4.78, 5) is 28.9. The third-order valence-corrected chi connectivity index (χ3v) is 4.21. The highest BCUT2D eigenvalue weighted by Crippen LogP contribution is 2.25. The minimum Gasteiger partial charge on any atom is -0.463 e. The fraction of sp³-hybridized carbons (Fsp3) is 0.200. The maximum Gasteiger partial charge on any atom is 0.279 e. The van der Waals surface area contributed by atoms with Gasteiger partial charge in [-0.25, -0.2) is 9.67 Å². The van der Waals surface area contributed by atoms with Crippen LogP contribution in [0.3, 0.4) is 0 Å². The van der Waals surface area contributed by atoms with E-state index < -0.39 is 11.5 Å². The van der Waals surface area contributed by atoms with Crippen LogP contribution < -0.4 is 10.9 Å². The van der Waals surface area contributed by atoms with Gasteiger partial charge in [0.2, 0.25) is 0 Å². The lowest BCUT2D eigenvalue weighted by atomic mass is 10.1. The number of nitrogens with zero attached hydrogens (tertiary/aromatic N) is 3. The monoisotopic (exact) mass is 330 g/mol. The third kappa shape index (κ3) is 2.80. The molecule has 3 rings (SSSR count). The number of aryl methyl sites for hydroxylation is 2. The van der Waals surface area contributed by atoms with E-state index in [1.165, 1.54) is 18.4 Å². The van der Waals surface area contributed by atoms with Gasteiger partial charge in [0.15, 0.2) is 10.9 Å². The van der Waals surface area contributed by atoms with Gasteiger partial charge >= 0.3 is 0 Å². The lowest BCUT2D eigenvalue weighted by molar-refractivity contribution is 0.102. The van der Waals surface area contributed by atoms with Crippen molar-refractivity contribution in [3.63, 3.8) is 0 Å². The smallest absolute Gasteiger partial charge is 0.279 e. The number of hydrogen-bond acceptors (Lipinski definition) is 6. The number of amides is 1. The van der Waals surface area contributed by atoms with Gasteiger partial charge in [0, 0.05) is 12.4 Å². The lowest BCUT2D eigenvalue weighted by Gasteiger charge is -2.08. The van der Waals surface area contributed by atoms with Crippen LogP contribution in [-0.4, -0.2) is 20.7 Å². The molecule has 0 unspecified atom stereocenters. The number of nitrogens with one attached hydrogen (secondary N) is 1. The molecule has 0 bridgehead atoms. The maximum atomic E-state index is 12.4. The van der Waals surface area contributed by atoms with Gasteiger partial charge in [-0.3, -0.25) is 14.9 Å². The lowest BCUT2D eigenvalue weighted by Crippen LogP contribution is -2.31. The number of carbonyl (C=O) groups excluding carboxylic acids is 1. The topological polar surface area (TPSA) is 90.0 Å². The number of aromatic nitrogens is 3. The second-order valence-corrected chi connectivity index (χ2v) is 5.84. The first-order chi connectivity index (χ1) is 11.0. The van der Waals surface area contributed by atoms with E-state index in [1.807, 2.05) is 0 Å². The van der Waals surface area contributed by atoms with Crippen molar-refractivity contribution in [3.05, 3.63) is 51.0 Å². The van der Waals surface area contributed by atoms with Gasteiger partial charge in [0.25, 0.3) is 11.5 Å². The first-order valence-corrected chi connectivity index (χ1v) is 7.70. The molecule has 8 heteroatoms. The molecule has 1 amide bonds. The summed E-state index contributed by atoms with van der Waals surface area (Å²) in [5, 5.41) is 8.90. The van der Waals surface area contributed by atoms with E-state index in [0.717, 1.165) is 4.68 Å². The van der Waals surface area contributed by atoms with Gasteiger partial charge in [0.1, 0.15) is 11.3 Å². The van der Waals surface area contributed by atoms with E-state index in [0.29, 0.717) is 27.8 Å². The fourth-order valence-electron chi connectivity index (χ4n) is 2.14. The zero-order valence-electron chi connectivity index (χ0n) is 12.8. The Morgan fingerprint density at radius 1 is 1.39 bits per heavy atom. The van der Waals surface area contributed by atoms with Gasteiger partial charge in [-0.1, -0.05) is 0 Å². The Morgan fingerprint density at radius 3 is 2.87 bits per heavy atom. The molecule has 0 aliphatic heterocycles. The average molecular weight is 330 g/mol. The fourth-order valence-corrected chi connectivity index (χ4v) is 2.84. The predicted molar refractivity (Wildman–Crippen MR) is 86.7 cm³/mol. The molecule has 3 aromatic heterocycles. The van der Waals surface area contributed by atoms with Crippen molar-refractivity contribution in [2.75, 3.05) is 5.32 Å². The zero-order valence-corrected chi connectivity index (χ0v) is 13.6. The summed E-state index contributed by atoms with van der Waals surface area (Å²) in [6, 6.07) is 3.55. The normalized spacial score (nSPS) is 10.7. The van der Waals surface area contributed by atoms with Crippen molar-refractivity contribution < 1.29 is 9.21 Å². The highest BCUT2D eigenvalue weighted by atomic mass is 32.1. The molecule has 3 aromatic rings. The first-order valence-electron chi connectivity index (χ1n) is 6.82. The van der Waals surface area contributed by atoms with E-state index in [9.17, 15) is 9.59 Å². The molecule has 0 spiro atoms. The van der Waals surface area contributed by atoms with Crippen molar-refractivity contribution >= 4 is 22.4 Å². The molecule has 1 N–H and O–H groups in total. The van der Waals surface area contributed by atoms with E-state index in [4.69, 9.17) is 4.42 Å². The van der Waals surface area contributed by atoms with E-state index in [2.05, 4.69) is 15.4 Å². The van der Waals surface area contributed by atoms with E-state index in [-0.39, 0.29) is 5.56 Å². The Morgan fingerprint density at radius 2 is 2.17 bits per heavy atom. The van der Waals surface area contributed by atoms with Crippen LogP contribution in [0.15, 0.2) is 33.0 Å². The molecule has 23 heavy (non-hydrogen) atoms. The Balaban J connectivity index is 1.90. The molecule has 0 aliphatic rings. The largest absolute Gasteiger partial charge is 0.463 e. The van der Waals surface area contributed by atoms with Gasteiger partial charge in [0.05, 0.1) is 12.0 Å². The van der Waals surface area contributed by atoms with Crippen LogP contribution in [0.1, 0.15) is 21.6 Å². The molecular formula is C15H14N4O3S. The Hall–Kier alpha value is -2.74. The number of furan rings is 1. The number of thiazole rings is 1. The summed E-state index contributed by atoms with van der Waals surface area (Å²) in [5.41, 5.74) is 1.47. The van der Waals surface area contributed by atoms with Crippen molar-refractivity contribution in [2.24, 2.45) is 7.05 Å². The highest BCUT2D eigenvalue weighted by Gasteiger charge is 2.19. The summed E-state index contributed by atoms with van der Waals surface area (Å²) in [7, 11) is 1.52. The Kier molecular flexibility index (Phi) is 3.83. The molecule has 0 saturated carbocycles. The van der Waals surface area contributed by atoms with Crippen molar-refractivity contribution in [2.45, 2.75) is 13.8 Å². The zero-order chi connectivity index (χ0) is 16.6. The molecule has 0 atom stereocenters. The molecule has 0 aliphatic carbocycles. The maximum absolute atomic E-state index is 12.4. The quantitative estimate of drug-likeness (QED) is 0.796. The minimum atomic E-state index is -0.492. The SMILES string of the molecule is Cc1nn(C)c(=O)c(C(=O)Nc2nc(-c3ccco3)cs2)c1C. The van der Waals surface area contributed by atoms with Crippen LogP contribution in [0, 0.1) is 13.8 Å². The van der Waals surface area contributed by atoms with E-state index >= 15 is 0 Å². The molecule has 0 fully saturated rings. The number of rotatable bonds is 3. The van der Waals surface area contributed by atoms with Crippen molar-refractivity contribution in [3.8, 4) is 11.5 Å². The predicted octanol–water partition coefficient (Wildman–Crippen LogP) is 2.37. The molecule has 3 heterocycles. The van der Waals surface area contributed by atoms with Gasteiger partial charge in [-0.15, -0.1) is 11.3 Å². The van der Waals surface area contributed by atoms with Crippen molar-refractivity contribution in [1.29, 1.82) is 0 Å². The summed E-state index contributed by atoms with van der Waals surface area (Å²) in [6.07, 6.45) is 1.56. The van der Waals surface area contributed by atoms with Gasteiger partial charge in [-0.05, 0) is 31.5 Å². The average Bonchev–Trinajstić information content (AvgIpc) is 3.16. The summed E-state index contributed by atoms with van der Waals surface area (Å²) in [6.45, 7) is 3.46. The van der Waals surface area contributed by atoms with Crippen LogP contribution >= 0.6 is 11.3 Å². The molecule has 118 valence electrons. The summed E-state index contributed by atoms with van der Waals surface area (Å²) >= 11 is 1.26. The molecule has 7 nitrogen and oxygen atoms in total. The number of hydrogen-bond donors (Lipinski definition) is 1. The first kappa shape index (κ1) is 15.2. The Labute approximate surface area is 135 Å². The molecule has 0 saturated heterocycles. The molecular weight excluding hydrogens is 316 g/mol. The van der Waals surface area contributed by atoms with Crippen LogP contribution in [-0.2, 0) is 7.05 Å². The van der Waals surface area contributed by atoms with Crippen molar-refractivity contribution in [1.82, 2.24) is 14.8 Å². The minimum absolute atomic E-state index is 0.0785. The van der Waals surface area contributed by atoms with Crippen LogP contribution in [0.5, 0.6) is 0 Å². The molecule has 0 aromatic carbocycles. The number of anilines is 1. The standard InChI is InChI=1S/C15H14N4O3S/c1-8-9(2)18-19(3)14(21)12(8)13(20)17-15-16-10(7-23-15)11-5-4-6-22-11/h4-7H,1-3H3,(H,16,17,20). The van der Waals surface area contributed by atoms with Crippen LogP contribution in [0.4, 0.5) is 5.13 Å². The summed E-state index contributed by atoms with van der Waals surface area (Å²) in [5.74, 6) is 0.127. The van der Waals surface area contributed by atoms with E-state index in [1.54, 1.807) is 37.6 Å². The summed E-state index contributed by atoms with van der Waals surface area (Å²) < 4.78 is 6.42. The highest BCUT2D eigenvalue weighted by molar-refractivity contribution is 7.14.